The van der Waals surface area contributed by atoms with E-state index >= 15 is 0 Å². The predicted molar refractivity (Wildman–Crippen MR) is 62.1 cm³/mol. The summed E-state index contributed by atoms with van der Waals surface area (Å²) in [6.45, 7) is 0. The highest BCUT2D eigenvalue weighted by atomic mass is 35.5. The minimum Gasteiger partial charge on any atom is -0.493 e. The van der Waals surface area contributed by atoms with Crippen LogP contribution in [0.15, 0.2) is 6.07 Å². The van der Waals surface area contributed by atoms with Crippen molar-refractivity contribution in [3.8, 4) is 11.5 Å². The first-order valence-electron chi connectivity index (χ1n) is 4.14. The maximum atomic E-state index is 6.04. The lowest BCUT2D eigenvalue weighted by atomic mass is 10.3. The standard InChI is InChI=1S/C9H9ClN2O2S/c1-13-5-3-4(10)6-8(7(5)14-2)15-9(11)12-6/h3H,1-2H3,(H2,11,12). The second-order valence-corrected chi connectivity index (χ2v) is 4.26. The first-order chi connectivity index (χ1) is 7.17. The van der Waals surface area contributed by atoms with Crippen molar-refractivity contribution >= 4 is 38.3 Å². The highest BCUT2D eigenvalue weighted by Crippen LogP contribution is 2.43. The van der Waals surface area contributed by atoms with Crippen LogP contribution in [0.3, 0.4) is 0 Å². The zero-order valence-electron chi connectivity index (χ0n) is 8.20. The van der Waals surface area contributed by atoms with E-state index in [1.165, 1.54) is 11.3 Å². The molecule has 80 valence electrons. The lowest BCUT2D eigenvalue weighted by Gasteiger charge is -2.08. The van der Waals surface area contributed by atoms with E-state index in [2.05, 4.69) is 4.98 Å². The Balaban J connectivity index is 2.84. The van der Waals surface area contributed by atoms with E-state index in [0.29, 0.717) is 27.2 Å². The Bertz CT molecular complexity index is 512. The van der Waals surface area contributed by atoms with Gasteiger partial charge in [0.25, 0.3) is 0 Å². The number of anilines is 1. The molecule has 0 amide bonds. The lowest BCUT2D eigenvalue weighted by Crippen LogP contribution is -1.90. The molecular formula is C9H9ClN2O2S. The number of nitrogens with zero attached hydrogens (tertiary/aromatic N) is 1. The van der Waals surface area contributed by atoms with Gasteiger partial charge in [-0.15, -0.1) is 0 Å². The van der Waals surface area contributed by atoms with Gasteiger partial charge >= 0.3 is 0 Å². The number of hydrogen-bond acceptors (Lipinski definition) is 5. The Kier molecular flexibility index (Phi) is 2.58. The molecule has 0 atom stereocenters. The Labute approximate surface area is 95.6 Å². The minimum absolute atomic E-state index is 0.457. The van der Waals surface area contributed by atoms with Crippen molar-refractivity contribution in [3.63, 3.8) is 0 Å². The number of nitrogens with two attached hydrogens (primary N) is 1. The summed E-state index contributed by atoms with van der Waals surface area (Å²) in [5.74, 6) is 1.20. The zero-order valence-corrected chi connectivity index (χ0v) is 9.78. The van der Waals surface area contributed by atoms with Crippen LogP contribution < -0.4 is 15.2 Å². The smallest absolute Gasteiger partial charge is 0.181 e. The number of rotatable bonds is 2. The van der Waals surface area contributed by atoms with Crippen LogP contribution in [-0.4, -0.2) is 19.2 Å². The van der Waals surface area contributed by atoms with E-state index in [0.717, 1.165) is 4.70 Å². The first-order valence-corrected chi connectivity index (χ1v) is 5.33. The van der Waals surface area contributed by atoms with Crippen molar-refractivity contribution < 1.29 is 9.47 Å². The van der Waals surface area contributed by atoms with Gasteiger partial charge in [-0.1, -0.05) is 22.9 Å². The number of aromatic nitrogens is 1. The fourth-order valence-electron chi connectivity index (χ4n) is 1.36. The largest absolute Gasteiger partial charge is 0.493 e. The van der Waals surface area contributed by atoms with Crippen LogP contribution >= 0.6 is 22.9 Å². The third-order valence-corrected chi connectivity index (χ3v) is 3.15. The van der Waals surface area contributed by atoms with Crippen molar-refractivity contribution in [2.45, 2.75) is 0 Å². The van der Waals surface area contributed by atoms with Gasteiger partial charge in [0.15, 0.2) is 16.6 Å². The summed E-state index contributed by atoms with van der Waals surface area (Å²) in [7, 11) is 3.13. The van der Waals surface area contributed by atoms with Crippen LogP contribution in [-0.2, 0) is 0 Å². The quantitative estimate of drug-likeness (QED) is 0.882. The van der Waals surface area contributed by atoms with Crippen LogP contribution in [0.25, 0.3) is 10.2 Å². The number of halogens is 1. The lowest BCUT2D eigenvalue weighted by molar-refractivity contribution is 0.359. The molecule has 1 heterocycles. The number of hydrogen-bond donors (Lipinski definition) is 1. The van der Waals surface area contributed by atoms with Crippen molar-refractivity contribution in [1.82, 2.24) is 4.98 Å². The van der Waals surface area contributed by atoms with E-state index in [1.54, 1.807) is 20.3 Å². The second kappa shape index (κ2) is 3.75. The molecule has 2 rings (SSSR count). The molecule has 0 saturated heterocycles. The second-order valence-electron chi connectivity index (χ2n) is 2.82. The van der Waals surface area contributed by atoms with E-state index in [1.807, 2.05) is 0 Å². The van der Waals surface area contributed by atoms with Gasteiger partial charge in [-0.3, -0.25) is 0 Å². The van der Waals surface area contributed by atoms with Crippen LogP contribution in [0.2, 0.25) is 5.02 Å². The van der Waals surface area contributed by atoms with Gasteiger partial charge in [0.2, 0.25) is 0 Å². The van der Waals surface area contributed by atoms with E-state index in [4.69, 9.17) is 26.8 Å². The van der Waals surface area contributed by atoms with Crippen LogP contribution in [0.5, 0.6) is 11.5 Å². The molecule has 0 unspecified atom stereocenters. The number of benzene rings is 1. The third-order valence-electron chi connectivity index (χ3n) is 1.98. The van der Waals surface area contributed by atoms with Crippen LogP contribution in [0, 0.1) is 0 Å². The summed E-state index contributed by atoms with van der Waals surface area (Å²) >= 11 is 7.36. The summed E-state index contributed by atoms with van der Waals surface area (Å²) in [5.41, 5.74) is 6.28. The first kappa shape index (κ1) is 10.3. The average molecular weight is 245 g/mol. The highest BCUT2D eigenvalue weighted by molar-refractivity contribution is 7.22. The van der Waals surface area contributed by atoms with E-state index < -0.39 is 0 Å². The normalized spacial score (nSPS) is 10.6. The summed E-state index contributed by atoms with van der Waals surface area (Å²) in [4.78, 5) is 4.13. The Morgan fingerprint density at radius 1 is 1.40 bits per heavy atom. The average Bonchev–Trinajstić information content (AvgIpc) is 2.60. The van der Waals surface area contributed by atoms with Crippen LogP contribution in [0.4, 0.5) is 5.13 Å². The Hall–Kier alpha value is -1.20. The summed E-state index contributed by atoms with van der Waals surface area (Å²) in [6, 6.07) is 1.67. The maximum absolute atomic E-state index is 6.04. The molecule has 0 aliphatic heterocycles. The van der Waals surface area contributed by atoms with Gasteiger partial charge in [0.1, 0.15) is 10.2 Å². The molecule has 0 bridgehead atoms. The summed E-state index contributed by atoms with van der Waals surface area (Å²) < 4.78 is 11.2. The molecule has 2 N–H and O–H groups in total. The Morgan fingerprint density at radius 2 is 2.13 bits per heavy atom. The molecule has 6 heteroatoms. The van der Waals surface area contributed by atoms with Gasteiger partial charge in [0.05, 0.1) is 19.2 Å². The molecule has 1 aromatic heterocycles. The molecule has 15 heavy (non-hydrogen) atoms. The van der Waals surface area contributed by atoms with Gasteiger partial charge in [-0.2, -0.15) is 0 Å². The Morgan fingerprint density at radius 3 is 2.73 bits per heavy atom. The predicted octanol–water partition coefficient (Wildman–Crippen LogP) is 2.55. The van der Waals surface area contributed by atoms with E-state index in [9.17, 15) is 0 Å². The highest BCUT2D eigenvalue weighted by Gasteiger charge is 2.16. The summed E-state index contributed by atoms with van der Waals surface area (Å²) in [6.07, 6.45) is 0. The zero-order chi connectivity index (χ0) is 11.0. The topological polar surface area (TPSA) is 57.4 Å². The van der Waals surface area contributed by atoms with Gasteiger partial charge in [-0.25, -0.2) is 4.98 Å². The number of thiazole rings is 1. The number of nitrogen functional groups attached to an aromatic ring is 1. The monoisotopic (exact) mass is 244 g/mol. The van der Waals surface area contributed by atoms with Gasteiger partial charge < -0.3 is 15.2 Å². The molecule has 0 spiro atoms. The maximum Gasteiger partial charge on any atom is 0.181 e. The molecule has 2 aromatic rings. The third kappa shape index (κ3) is 1.57. The fourth-order valence-corrected chi connectivity index (χ4v) is 2.53. The number of methoxy groups -OCH3 is 2. The SMILES string of the molecule is COc1cc(Cl)c2nc(N)sc2c1OC. The molecular weight excluding hydrogens is 236 g/mol. The van der Waals surface area contributed by atoms with Crippen molar-refractivity contribution in [2.75, 3.05) is 20.0 Å². The molecule has 0 radical (unpaired) electrons. The molecule has 0 saturated carbocycles. The summed E-state index contributed by atoms with van der Waals surface area (Å²) in [5, 5.41) is 0.967. The van der Waals surface area contributed by atoms with Crippen molar-refractivity contribution in [2.24, 2.45) is 0 Å². The van der Waals surface area contributed by atoms with Gasteiger partial charge in [0, 0.05) is 6.07 Å². The van der Waals surface area contributed by atoms with E-state index in [-0.39, 0.29) is 0 Å². The van der Waals surface area contributed by atoms with Gasteiger partial charge in [-0.05, 0) is 0 Å². The molecule has 4 nitrogen and oxygen atoms in total. The molecule has 0 fully saturated rings. The van der Waals surface area contributed by atoms with Crippen LogP contribution in [0.1, 0.15) is 0 Å². The number of ether oxygens (including phenoxy) is 2. The number of fused-ring (bicyclic) bond motifs is 1. The molecule has 1 aromatic carbocycles. The minimum atomic E-state index is 0.457. The van der Waals surface area contributed by atoms with Crippen molar-refractivity contribution in [3.05, 3.63) is 11.1 Å². The molecule has 0 aliphatic rings. The molecule has 0 aliphatic carbocycles. The fraction of sp³-hybridized carbons (Fsp3) is 0.222. The van der Waals surface area contributed by atoms with Crippen molar-refractivity contribution in [1.29, 1.82) is 0 Å².